The van der Waals surface area contributed by atoms with Crippen LogP contribution in [0.25, 0.3) is 10.8 Å². The normalized spacial score (nSPS) is 17.2. The number of nitrogens with zero attached hydrogens (tertiary/aromatic N) is 3. The molecule has 6 heteroatoms. The summed E-state index contributed by atoms with van der Waals surface area (Å²) in [6.07, 6.45) is -0.554. The lowest BCUT2D eigenvalue weighted by Gasteiger charge is -2.34. The van der Waals surface area contributed by atoms with E-state index in [0.717, 1.165) is 42.6 Å². The minimum atomic E-state index is -0.554. The number of nitrogens with one attached hydrogen (secondary N) is 1. The first-order valence-corrected chi connectivity index (χ1v) is 9.12. The van der Waals surface area contributed by atoms with Crippen molar-refractivity contribution in [2.45, 2.75) is 6.10 Å². The fourth-order valence-electron chi connectivity index (χ4n) is 3.33. The smallest absolute Gasteiger partial charge is 0.321 e. The van der Waals surface area contributed by atoms with Crippen LogP contribution < -0.4 is 5.32 Å². The number of urea groups is 1. The molecule has 0 radical (unpaired) electrons. The number of β-amino-alcohol motifs (C(OH)–C–C–N with tert-alkyl or cyclic N) is 1. The first-order valence-electron chi connectivity index (χ1n) is 9.12. The highest BCUT2D eigenvalue weighted by Gasteiger charge is 2.20. The van der Waals surface area contributed by atoms with Gasteiger partial charge in [-0.25, -0.2) is 4.79 Å². The molecule has 2 N–H and O–H groups in total. The number of carbonyl (C=O) groups excluding carboxylic acids is 1. The van der Waals surface area contributed by atoms with E-state index in [1.165, 1.54) is 0 Å². The van der Waals surface area contributed by atoms with Crippen molar-refractivity contribution in [2.75, 3.05) is 58.7 Å². The third-order valence-corrected chi connectivity index (χ3v) is 4.93. The summed E-state index contributed by atoms with van der Waals surface area (Å²) in [7, 11) is 3.83. The van der Waals surface area contributed by atoms with Gasteiger partial charge >= 0.3 is 6.03 Å². The Labute approximate surface area is 155 Å². The van der Waals surface area contributed by atoms with E-state index in [4.69, 9.17) is 0 Å². The van der Waals surface area contributed by atoms with Crippen LogP contribution in [0.4, 0.5) is 10.5 Å². The van der Waals surface area contributed by atoms with Gasteiger partial charge in [-0.15, -0.1) is 0 Å². The number of hydrogen-bond acceptors (Lipinski definition) is 4. The van der Waals surface area contributed by atoms with Gasteiger partial charge in [0.2, 0.25) is 0 Å². The van der Waals surface area contributed by atoms with Crippen molar-refractivity contribution < 1.29 is 9.90 Å². The Morgan fingerprint density at radius 3 is 2.62 bits per heavy atom. The zero-order chi connectivity index (χ0) is 18.5. The predicted octanol–water partition coefficient (Wildman–Crippen LogP) is 1.91. The molecule has 2 amide bonds. The van der Waals surface area contributed by atoms with Crippen molar-refractivity contribution in [1.29, 1.82) is 0 Å². The minimum absolute atomic E-state index is 0.209. The highest BCUT2D eigenvalue weighted by Crippen LogP contribution is 2.23. The van der Waals surface area contributed by atoms with Gasteiger partial charge in [-0.2, -0.15) is 0 Å². The Bertz CT molecular complexity index is 738. The lowest BCUT2D eigenvalue weighted by atomic mass is 10.1. The second-order valence-corrected chi connectivity index (χ2v) is 7.10. The van der Waals surface area contributed by atoms with Gasteiger partial charge in [0.25, 0.3) is 0 Å². The lowest BCUT2D eigenvalue weighted by molar-refractivity contribution is 0.0670. The molecule has 3 rings (SSSR count). The van der Waals surface area contributed by atoms with Crippen LogP contribution in [0.15, 0.2) is 42.5 Å². The molecular formula is C20H28N4O2. The molecule has 1 atom stereocenters. The average Bonchev–Trinajstić information content (AvgIpc) is 2.64. The van der Waals surface area contributed by atoms with Gasteiger partial charge in [-0.05, 0) is 18.5 Å². The number of hydrogen-bond donors (Lipinski definition) is 2. The molecule has 1 aliphatic heterocycles. The van der Waals surface area contributed by atoms with Crippen LogP contribution in [0.5, 0.6) is 0 Å². The summed E-state index contributed by atoms with van der Waals surface area (Å²) in [6, 6.07) is 13.6. The molecule has 1 heterocycles. The van der Waals surface area contributed by atoms with E-state index < -0.39 is 6.10 Å². The fourth-order valence-corrected chi connectivity index (χ4v) is 3.33. The molecule has 0 bridgehead atoms. The van der Waals surface area contributed by atoms with Crippen LogP contribution in [-0.4, -0.2) is 85.3 Å². The largest absolute Gasteiger partial charge is 0.390 e. The summed E-state index contributed by atoms with van der Waals surface area (Å²) < 4.78 is 0. The van der Waals surface area contributed by atoms with E-state index in [1.807, 2.05) is 42.5 Å². The Morgan fingerprint density at radius 2 is 1.85 bits per heavy atom. The van der Waals surface area contributed by atoms with Crippen molar-refractivity contribution in [1.82, 2.24) is 14.7 Å². The third-order valence-electron chi connectivity index (χ3n) is 4.93. The maximum atomic E-state index is 12.5. The molecule has 1 unspecified atom stereocenters. The fraction of sp³-hybridized carbons (Fsp3) is 0.450. The van der Waals surface area contributed by atoms with Gasteiger partial charge in [-0.1, -0.05) is 36.4 Å². The van der Waals surface area contributed by atoms with Crippen molar-refractivity contribution in [2.24, 2.45) is 0 Å². The van der Waals surface area contributed by atoms with Crippen LogP contribution in [-0.2, 0) is 0 Å². The van der Waals surface area contributed by atoms with Crippen LogP contribution in [0.3, 0.4) is 0 Å². The Morgan fingerprint density at radius 1 is 1.15 bits per heavy atom. The molecule has 0 saturated carbocycles. The summed E-state index contributed by atoms with van der Waals surface area (Å²) in [5, 5.41) is 15.4. The van der Waals surface area contributed by atoms with Crippen LogP contribution in [0.2, 0.25) is 0 Å². The van der Waals surface area contributed by atoms with E-state index in [-0.39, 0.29) is 6.03 Å². The lowest BCUT2D eigenvalue weighted by Crippen LogP contribution is -2.49. The summed E-state index contributed by atoms with van der Waals surface area (Å²) in [6.45, 7) is 4.86. The molecule has 0 spiro atoms. The maximum absolute atomic E-state index is 12.5. The summed E-state index contributed by atoms with van der Waals surface area (Å²) in [4.78, 5) is 18.6. The number of benzene rings is 2. The second-order valence-electron chi connectivity index (χ2n) is 7.10. The third kappa shape index (κ3) is 4.72. The SMILES string of the molecule is CN1CCN(CC(O)CN(C)C(=O)Nc2cccc3ccccc23)CC1. The molecular weight excluding hydrogens is 328 g/mol. The van der Waals surface area contributed by atoms with E-state index in [9.17, 15) is 9.90 Å². The Balaban J connectivity index is 1.54. The number of amides is 2. The summed E-state index contributed by atoms with van der Waals surface area (Å²) >= 11 is 0. The average molecular weight is 356 g/mol. The Hall–Kier alpha value is -2.15. The quantitative estimate of drug-likeness (QED) is 0.859. The van der Waals surface area contributed by atoms with Crippen LogP contribution in [0.1, 0.15) is 0 Å². The van der Waals surface area contributed by atoms with Gasteiger partial charge in [0.1, 0.15) is 0 Å². The molecule has 2 aromatic rings. The van der Waals surface area contributed by atoms with E-state index >= 15 is 0 Å². The number of aliphatic hydroxyl groups excluding tert-OH is 1. The molecule has 1 aliphatic rings. The minimum Gasteiger partial charge on any atom is -0.390 e. The standard InChI is InChI=1S/C20H28N4O2/c1-22-10-12-24(13-11-22)15-17(25)14-23(2)20(26)21-19-9-5-7-16-6-3-4-8-18(16)19/h3-9,17,25H,10-15H2,1-2H3,(H,21,26). The van der Waals surface area contributed by atoms with E-state index in [2.05, 4.69) is 22.2 Å². The zero-order valence-electron chi connectivity index (χ0n) is 15.6. The molecule has 140 valence electrons. The monoisotopic (exact) mass is 356 g/mol. The number of anilines is 1. The highest BCUT2D eigenvalue weighted by atomic mass is 16.3. The van der Waals surface area contributed by atoms with Crippen molar-refractivity contribution >= 4 is 22.5 Å². The van der Waals surface area contributed by atoms with Gasteiger partial charge in [0.05, 0.1) is 11.8 Å². The molecule has 6 nitrogen and oxygen atoms in total. The Kier molecular flexibility index (Phi) is 6.08. The molecule has 1 saturated heterocycles. The van der Waals surface area contributed by atoms with Crippen molar-refractivity contribution in [3.8, 4) is 0 Å². The van der Waals surface area contributed by atoms with Gasteiger partial charge in [0.15, 0.2) is 0 Å². The number of piperazine rings is 1. The maximum Gasteiger partial charge on any atom is 0.321 e. The first-order chi connectivity index (χ1) is 12.5. The second kappa shape index (κ2) is 8.49. The van der Waals surface area contributed by atoms with Gasteiger partial charge in [0, 0.05) is 51.7 Å². The van der Waals surface area contributed by atoms with Crippen molar-refractivity contribution in [3.05, 3.63) is 42.5 Å². The highest BCUT2D eigenvalue weighted by molar-refractivity contribution is 6.01. The van der Waals surface area contributed by atoms with Crippen LogP contribution >= 0.6 is 0 Å². The zero-order valence-corrected chi connectivity index (χ0v) is 15.6. The topological polar surface area (TPSA) is 59.1 Å². The molecule has 0 aromatic heterocycles. The van der Waals surface area contributed by atoms with Crippen LogP contribution in [0, 0.1) is 0 Å². The molecule has 26 heavy (non-hydrogen) atoms. The van der Waals surface area contributed by atoms with Gasteiger partial charge in [-0.3, -0.25) is 4.90 Å². The molecule has 1 fully saturated rings. The number of rotatable bonds is 5. The molecule has 2 aromatic carbocycles. The van der Waals surface area contributed by atoms with E-state index in [1.54, 1.807) is 11.9 Å². The number of carbonyl (C=O) groups is 1. The van der Waals surface area contributed by atoms with Crippen molar-refractivity contribution in [3.63, 3.8) is 0 Å². The predicted molar refractivity (Wildman–Crippen MR) is 106 cm³/mol. The summed E-state index contributed by atoms with van der Waals surface area (Å²) in [5.74, 6) is 0. The number of fused-ring (bicyclic) bond motifs is 1. The molecule has 0 aliphatic carbocycles. The number of aliphatic hydroxyl groups is 1. The summed E-state index contributed by atoms with van der Waals surface area (Å²) in [5.41, 5.74) is 0.786. The van der Waals surface area contributed by atoms with Gasteiger partial charge < -0.3 is 20.2 Å². The first kappa shape index (κ1) is 18.6. The number of likely N-dealkylation sites (N-methyl/N-ethyl adjacent to an activating group) is 2. The van der Waals surface area contributed by atoms with E-state index in [0.29, 0.717) is 13.1 Å².